The molecule has 3 rings (SSSR count). The van der Waals surface area contributed by atoms with Gasteiger partial charge in [-0.05, 0) is 31.2 Å². The lowest BCUT2D eigenvalue weighted by Crippen LogP contribution is -2.12. The number of sulfone groups is 1. The SMILES string of the molecule is Cc1cc(C(=O)Nc2ncc(S(=O)(=O)c3ccc([N+](=O)[O-])cc3)s2)ccc1[N+](=O)[O-]. The average Bonchev–Trinajstić information content (AvgIpc) is 3.17. The van der Waals surface area contributed by atoms with Crippen LogP contribution >= 0.6 is 11.3 Å². The van der Waals surface area contributed by atoms with Crippen molar-refractivity contribution in [3.8, 4) is 0 Å². The molecular weight excluding hydrogens is 436 g/mol. The first kappa shape index (κ1) is 21.0. The number of nitrogens with zero attached hydrogens (tertiary/aromatic N) is 3. The number of aromatic nitrogens is 1. The zero-order valence-corrected chi connectivity index (χ0v) is 16.8. The minimum absolute atomic E-state index is 0.0106. The molecule has 1 aromatic heterocycles. The van der Waals surface area contributed by atoms with Crippen LogP contribution in [-0.2, 0) is 9.84 Å². The van der Waals surface area contributed by atoms with Crippen molar-refractivity contribution in [2.24, 2.45) is 0 Å². The summed E-state index contributed by atoms with van der Waals surface area (Å²) in [6.07, 6.45) is 1.07. The van der Waals surface area contributed by atoms with Crippen LogP contribution in [0.15, 0.2) is 57.8 Å². The van der Waals surface area contributed by atoms with E-state index in [0.29, 0.717) is 16.9 Å². The molecule has 154 valence electrons. The van der Waals surface area contributed by atoms with Crippen molar-refractivity contribution in [3.05, 3.63) is 80.0 Å². The fourth-order valence-corrected chi connectivity index (χ4v) is 4.90. The fourth-order valence-electron chi connectivity index (χ4n) is 2.48. The Labute approximate surface area is 173 Å². The first-order chi connectivity index (χ1) is 14.1. The summed E-state index contributed by atoms with van der Waals surface area (Å²) in [6.45, 7) is 1.49. The number of aryl methyl sites for hydroxylation is 1. The number of thiazole rings is 1. The molecule has 0 unspecified atom stereocenters. The Morgan fingerprint density at radius 1 is 1.07 bits per heavy atom. The smallest absolute Gasteiger partial charge is 0.272 e. The molecule has 1 heterocycles. The second-order valence-electron chi connectivity index (χ2n) is 5.95. The number of hydrogen-bond donors (Lipinski definition) is 1. The third-order valence-electron chi connectivity index (χ3n) is 3.98. The Morgan fingerprint density at radius 3 is 2.30 bits per heavy atom. The van der Waals surface area contributed by atoms with E-state index in [2.05, 4.69) is 10.3 Å². The van der Waals surface area contributed by atoms with Crippen molar-refractivity contribution in [2.75, 3.05) is 5.32 Å². The molecule has 30 heavy (non-hydrogen) atoms. The number of non-ortho nitro benzene ring substituents is 1. The fraction of sp³-hybridized carbons (Fsp3) is 0.0588. The topological polar surface area (TPSA) is 162 Å². The Balaban J connectivity index is 1.80. The largest absolute Gasteiger partial charge is 0.298 e. The summed E-state index contributed by atoms with van der Waals surface area (Å²) in [5.74, 6) is -0.610. The van der Waals surface area contributed by atoms with E-state index in [4.69, 9.17) is 0 Å². The van der Waals surface area contributed by atoms with Gasteiger partial charge in [0, 0.05) is 29.3 Å². The molecule has 0 bridgehead atoms. The van der Waals surface area contributed by atoms with Gasteiger partial charge in [-0.3, -0.25) is 30.3 Å². The quantitative estimate of drug-likeness (QED) is 0.443. The van der Waals surface area contributed by atoms with Gasteiger partial charge in [0.25, 0.3) is 17.3 Å². The average molecular weight is 448 g/mol. The number of carbonyl (C=O) groups excluding carboxylic acids is 1. The van der Waals surface area contributed by atoms with E-state index < -0.39 is 25.6 Å². The summed E-state index contributed by atoms with van der Waals surface area (Å²) in [5.41, 5.74) is 0.0724. The Bertz CT molecular complexity index is 1270. The highest BCUT2D eigenvalue weighted by Crippen LogP contribution is 2.30. The molecule has 0 aliphatic carbocycles. The predicted octanol–water partition coefficient (Wildman–Crippen LogP) is 3.35. The summed E-state index contributed by atoms with van der Waals surface area (Å²) < 4.78 is 25.1. The van der Waals surface area contributed by atoms with Crippen LogP contribution in [0, 0.1) is 27.2 Å². The van der Waals surface area contributed by atoms with Crippen LogP contribution in [-0.4, -0.2) is 29.2 Å². The highest BCUT2D eigenvalue weighted by Gasteiger charge is 2.23. The Morgan fingerprint density at radius 2 is 1.73 bits per heavy atom. The molecule has 13 heteroatoms. The highest BCUT2D eigenvalue weighted by molar-refractivity contribution is 7.93. The minimum atomic E-state index is -3.98. The highest BCUT2D eigenvalue weighted by atomic mass is 32.2. The maximum atomic E-state index is 12.7. The minimum Gasteiger partial charge on any atom is -0.298 e. The maximum Gasteiger partial charge on any atom is 0.272 e. The van der Waals surface area contributed by atoms with Crippen molar-refractivity contribution in [1.29, 1.82) is 0 Å². The first-order valence-corrected chi connectivity index (χ1v) is 10.4. The standard InChI is InChI=1S/C17H12N4O7S2/c1-10-8-11(2-7-14(10)21(25)26)16(22)19-17-18-9-15(29-17)30(27,28)13-5-3-12(4-6-13)20(23)24/h2-9H,1H3,(H,18,19,22). The summed E-state index contributed by atoms with van der Waals surface area (Å²) in [5, 5.41) is 24.0. The number of hydrogen-bond acceptors (Lipinski definition) is 9. The van der Waals surface area contributed by atoms with Crippen LogP contribution in [0.3, 0.4) is 0 Å². The van der Waals surface area contributed by atoms with Crippen molar-refractivity contribution >= 4 is 43.6 Å². The molecule has 0 fully saturated rings. The number of anilines is 1. The van der Waals surface area contributed by atoms with Crippen LogP contribution in [0.1, 0.15) is 15.9 Å². The van der Waals surface area contributed by atoms with Crippen molar-refractivity contribution < 1.29 is 23.1 Å². The number of amides is 1. The van der Waals surface area contributed by atoms with E-state index >= 15 is 0 Å². The van der Waals surface area contributed by atoms with Gasteiger partial charge in [-0.1, -0.05) is 11.3 Å². The molecule has 0 spiro atoms. The molecule has 1 amide bonds. The zero-order chi connectivity index (χ0) is 22.1. The first-order valence-electron chi connectivity index (χ1n) is 8.11. The van der Waals surface area contributed by atoms with Gasteiger partial charge in [0.15, 0.2) is 5.13 Å². The second kappa shape index (κ2) is 7.96. The number of benzene rings is 2. The van der Waals surface area contributed by atoms with Gasteiger partial charge in [-0.15, -0.1) is 0 Å². The summed E-state index contributed by atoms with van der Waals surface area (Å²) in [7, 11) is -3.98. The third kappa shape index (κ3) is 4.16. The van der Waals surface area contributed by atoms with Crippen molar-refractivity contribution in [3.63, 3.8) is 0 Å². The molecule has 0 aliphatic heterocycles. The molecular formula is C17H12N4O7S2. The summed E-state index contributed by atoms with van der Waals surface area (Å²) >= 11 is 0.707. The molecule has 3 aromatic rings. The van der Waals surface area contributed by atoms with E-state index in [1.54, 1.807) is 0 Å². The normalized spacial score (nSPS) is 11.1. The monoisotopic (exact) mass is 448 g/mol. The van der Waals surface area contributed by atoms with Gasteiger partial charge < -0.3 is 0 Å². The van der Waals surface area contributed by atoms with Crippen LogP contribution in [0.2, 0.25) is 0 Å². The van der Waals surface area contributed by atoms with E-state index in [0.717, 1.165) is 30.5 Å². The van der Waals surface area contributed by atoms with Crippen LogP contribution in [0.25, 0.3) is 0 Å². The lowest BCUT2D eigenvalue weighted by molar-refractivity contribution is -0.385. The molecule has 0 saturated heterocycles. The summed E-state index contributed by atoms with van der Waals surface area (Å²) in [4.78, 5) is 36.4. The van der Waals surface area contributed by atoms with Gasteiger partial charge in [-0.25, -0.2) is 13.4 Å². The van der Waals surface area contributed by atoms with Gasteiger partial charge in [-0.2, -0.15) is 0 Å². The molecule has 0 radical (unpaired) electrons. The molecule has 0 saturated carbocycles. The second-order valence-corrected chi connectivity index (χ2v) is 9.16. The Kier molecular flexibility index (Phi) is 5.58. The number of nitrogens with one attached hydrogen (secondary N) is 1. The number of nitro groups is 2. The molecule has 2 aromatic carbocycles. The van der Waals surface area contributed by atoms with Crippen molar-refractivity contribution in [2.45, 2.75) is 16.0 Å². The van der Waals surface area contributed by atoms with Crippen LogP contribution in [0.5, 0.6) is 0 Å². The van der Waals surface area contributed by atoms with Crippen LogP contribution < -0.4 is 5.32 Å². The lowest BCUT2D eigenvalue weighted by Gasteiger charge is -2.03. The maximum absolute atomic E-state index is 12.7. The Hall–Kier alpha value is -3.71. The predicted molar refractivity (Wildman–Crippen MR) is 106 cm³/mol. The zero-order valence-electron chi connectivity index (χ0n) is 15.1. The third-order valence-corrected chi connectivity index (χ3v) is 7.13. The van der Waals surface area contributed by atoms with Crippen LogP contribution in [0.4, 0.5) is 16.5 Å². The van der Waals surface area contributed by atoms with Gasteiger partial charge in [0.2, 0.25) is 9.84 Å². The number of nitro benzene ring substituents is 2. The van der Waals surface area contributed by atoms with E-state index in [9.17, 15) is 33.4 Å². The van der Waals surface area contributed by atoms with E-state index in [-0.39, 0.29) is 31.2 Å². The van der Waals surface area contributed by atoms with E-state index in [1.807, 2.05) is 0 Å². The molecule has 1 N–H and O–H groups in total. The number of carbonyl (C=O) groups is 1. The molecule has 11 nitrogen and oxygen atoms in total. The lowest BCUT2D eigenvalue weighted by atomic mass is 10.1. The van der Waals surface area contributed by atoms with Crippen molar-refractivity contribution in [1.82, 2.24) is 4.98 Å². The van der Waals surface area contributed by atoms with Gasteiger partial charge in [0.1, 0.15) is 4.21 Å². The summed E-state index contributed by atoms with van der Waals surface area (Å²) in [6, 6.07) is 8.21. The number of rotatable bonds is 6. The van der Waals surface area contributed by atoms with Gasteiger partial charge in [0.05, 0.1) is 20.9 Å². The van der Waals surface area contributed by atoms with E-state index in [1.165, 1.54) is 25.1 Å². The molecule has 0 atom stereocenters. The van der Waals surface area contributed by atoms with Gasteiger partial charge >= 0.3 is 0 Å². The molecule has 0 aliphatic rings.